The zero-order valence-corrected chi connectivity index (χ0v) is 63.7. The minimum absolute atomic E-state index is 0.100. The summed E-state index contributed by atoms with van der Waals surface area (Å²) in [5.41, 5.74) is 6.27. The molecule has 0 heterocycles. The van der Waals surface area contributed by atoms with Crippen LogP contribution in [0.4, 0.5) is 0 Å². The third-order valence-corrected chi connectivity index (χ3v) is 59.3. The molecule has 0 saturated heterocycles. The van der Waals surface area contributed by atoms with E-state index in [-0.39, 0.29) is 17.8 Å². The lowest BCUT2D eigenvalue weighted by Crippen LogP contribution is -2.98. The number of carboxylic acid groups (broad SMARTS) is 1. The molecule has 40 aliphatic rings. The van der Waals surface area contributed by atoms with Gasteiger partial charge in [-0.1, -0.05) is 27.7 Å². The van der Waals surface area contributed by atoms with Crippen molar-refractivity contribution < 1.29 is 14.7 Å². The number of amides is 1. The molecule has 0 aromatic heterocycles. The Hall–Kier alpha value is -1.10. The lowest BCUT2D eigenvalue weighted by molar-refractivity contribution is -0.546. The highest BCUT2D eigenvalue weighted by Gasteiger charge is 3.03. The lowest BCUT2D eigenvalue weighted by atomic mass is 9.03. The molecule has 40 aliphatic carbocycles. The Morgan fingerprint density at radius 2 is 0.566 bits per heavy atom. The summed E-state index contributed by atoms with van der Waals surface area (Å²) in [6.07, 6.45) is 13.4. The fraction of sp³-hybridized carbons (Fsp3) is 0.980. The molecule has 5 nitrogen and oxygen atoms in total. The number of nitrogens with one attached hydrogen (secondary N) is 1. The number of hydrogen-bond acceptors (Lipinski definition) is 3. The molecule has 83 unspecified atom stereocenters. The highest BCUT2D eigenvalue weighted by atomic mass is 16.4. The van der Waals surface area contributed by atoms with E-state index >= 15 is 4.79 Å². The fourth-order valence-electron chi connectivity index (χ4n) is 64.2. The van der Waals surface area contributed by atoms with Gasteiger partial charge in [0.1, 0.15) is 0 Å². The molecule has 1 amide bonds. The maximum absolute atomic E-state index is 17.1. The van der Waals surface area contributed by atoms with Crippen molar-refractivity contribution in [2.24, 2.45) is 496 Å². The van der Waals surface area contributed by atoms with Crippen LogP contribution in [0.1, 0.15) is 91.9 Å². The summed E-state index contributed by atoms with van der Waals surface area (Å²) in [4.78, 5) is 32.1. The van der Waals surface area contributed by atoms with Gasteiger partial charge in [-0.25, -0.2) is 0 Å². The molecule has 0 aromatic carbocycles. The second-order valence-corrected chi connectivity index (χ2v) is 54.5. The average molecular weight is 1410 g/mol. The van der Waals surface area contributed by atoms with Gasteiger partial charge in [-0.3, -0.25) is 9.59 Å². The molecule has 0 bridgehead atoms. The molecule has 40 fully saturated rings. The molecule has 0 aliphatic heterocycles. The Kier molecular flexibility index (Phi) is 7.79. The molecule has 0 aromatic rings. The molecule has 554 valence electrons. The van der Waals surface area contributed by atoms with Gasteiger partial charge in [0.2, 0.25) is 5.91 Å². The standard InChI is InChI=1S/C101H122N2O3/c1-17-13-22-15-23-14-18(2)29-39-34(23)44-33(22)37-28(17)38-47(37)55-53(44)92-93(39)97(29)101(26(16-27(104)105)100(106)103-12-6-5-11-102)98-94-88-83-52-43-31-20(4)25-10-8-21-7-9-24-19(3)30-40-45-35(24)32(21)36(25)46-41(31)50(43)59-63(54(45)46)58-49(40)42(30)51-60-66(58)71-67(59)62(52)79(83)76-74(71)72-68(60)61(51)69-65-56-48(38)57-64(56)81-78-70(65)73(69)75(72)77-80(76)85(88)90(94)87(82(77)78)91-86(81)89(84(55)57)95(92)99(101)96(91)98/h17-26,28-99H,5-16,102H2,1-4H3,(H,103,106)(H,104,105). The Labute approximate surface area is 629 Å². The summed E-state index contributed by atoms with van der Waals surface area (Å²) in [6.45, 7) is 13.5. The van der Waals surface area contributed by atoms with E-state index < -0.39 is 5.97 Å². The molecular formula is C101H122N2O3. The number of rotatable bonds is 8. The van der Waals surface area contributed by atoms with E-state index in [1.165, 1.54) is 101 Å². The summed E-state index contributed by atoms with van der Waals surface area (Å²) < 4.78 is 0. The van der Waals surface area contributed by atoms with Crippen LogP contribution in [0.15, 0.2) is 0 Å². The SMILES string of the molecule is CC1CC2CC3CC(C)C4C5C3C3C2C2C1C1C2C2C6C7C1C1C8C9C%10C%11C%12C%13C(C)C%14CCC%15CCC%16C(C)C%17C%18C%19C%16C%15C%14C%14C%13C%12C%12C(C%14%19)C%13C%18C%17C%14C%15C%13C%13C%12C%11C%10C%10C%13C%11C%15C%14C%12C%13C%11C%11C%10C9C8C8C%11C9C%13C%12C%10C%11C9C(C8C17)C6C1C(C32)C5C4C%10(C(CC(=O)O)C(=O)NCCCCN)C1%11. The monoisotopic (exact) mass is 1410 g/mol. The van der Waals surface area contributed by atoms with Crippen molar-refractivity contribution >= 4 is 11.9 Å². The Morgan fingerprint density at radius 3 is 0.925 bits per heavy atom. The number of aliphatic carboxylic acids is 1. The second kappa shape index (κ2) is 15.1. The predicted octanol–water partition coefficient (Wildman–Crippen LogP) is 14.2. The van der Waals surface area contributed by atoms with Crippen molar-refractivity contribution in [1.29, 1.82) is 0 Å². The molecule has 5 heteroatoms. The predicted molar refractivity (Wildman–Crippen MR) is 387 cm³/mol. The highest BCUT2D eigenvalue weighted by Crippen LogP contribution is 3.06. The summed E-state index contributed by atoms with van der Waals surface area (Å²) in [5, 5.41) is 16.2. The van der Waals surface area contributed by atoms with Crippen LogP contribution < -0.4 is 11.1 Å². The van der Waals surface area contributed by atoms with Gasteiger partial charge in [0.25, 0.3) is 0 Å². The Bertz CT molecular complexity index is 4520. The molecular weight excluding hydrogens is 1290 g/mol. The lowest BCUT2D eigenvalue weighted by Gasteiger charge is -3.01. The van der Waals surface area contributed by atoms with Crippen molar-refractivity contribution in [1.82, 2.24) is 5.32 Å². The number of hydrogen-bond donors (Lipinski definition) is 3. The first-order valence-corrected chi connectivity index (χ1v) is 50.4. The fourth-order valence-corrected chi connectivity index (χ4v) is 64.2. The van der Waals surface area contributed by atoms with Crippen LogP contribution in [0.25, 0.3) is 0 Å². The number of unbranched alkanes of at least 4 members (excludes halogenated alkanes) is 1. The van der Waals surface area contributed by atoms with Gasteiger partial charge in [0.15, 0.2) is 0 Å². The quantitative estimate of drug-likeness (QED) is 0.211. The van der Waals surface area contributed by atoms with Gasteiger partial charge in [-0.2, -0.15) is 0 Å². The number of carbonyl (C=O) groups is 2. The van der Waals surface area contributed by atoms with Crippen molar-refractivity contribution in [3.63, 3.8) is 0 Å². The Morgan fingerprint density at radius 1 is 0.302 bits per heavy atom. The Balaban J connectivity index is 0.618. The van der Waals surface area contributed by atoms with E-state index in [4.69, 9.17) is 5.73 Å². The first kappa shape index (κ1) is 54.7. The zero-order chi connectivity index (χ0) is 66.2. The molecule has 83 atom stereocenters. The van der Waals surface area contributed by atoms with Crippen LogP contribution in [0.3, 0.4) is 0 Å². The van der Waals surface area contributed by atoms with E-state index in [0.29, 0.717) is 36.8 Å². The third kappa shape index (κ3) is 4.09. The van der Waals surface area contributed by atoms with Crippen LogP contribution in [0, 0.1) is 491 Å². The van der Waals surface area contributed by atoms with Crippen LogP contribution in [0.2, 0.25) is 0 Å². The van der Waals surface area contributed by atoms with Gasteiger partial charge < -0.3 is 16.2 Å². The highest BCUT2D eigenvalue weighted by molar-refractivity contribution is 5.85. The number of fused-ring (bicyclic) bond motifs is 18. The van der Waals surface area contributed by atoms with E-state index in [1.54, 1.807) is 38.5 Å². The van der Waals surface area contributed by atoms with Crippen LogP contribution in [0.5, 0.6) is 0 Å². The van der Waals surface area contributed by atoms with E-state index in [9.17, 15) is 9.90 Å². The first-order valence-electron chi connectivity index (χ1n) is 50.4. The maximum Gasteiger partial charge on any atom is 0.304 e. The second-order valence-electron chi connectivity index (χ2n) is 54.5. The third-order valence-electron chi connectivity index (χ3n) is 59.3. The van der Waals surface area contributed by atoms with Crippen LogP contribution in [-0.4, -0.2) is 30.1 Å². The van der Waals surface area contributed by atoms with Gasteiger partial charge in [0.05, 0.1) is 12.3 Å². The summed E-state index contributed by atoms with van der Waals surface area (Å²) in [6, 6.07) is 0. The molecule has 4 N–H and O–H groups in total. The maximum atomic E-state index is 17.1. The van der Waals surface area contributed by atoms with Gasteiger partial charge >= 0.3 is 5.97 Å². The number of carbonyl (C=O) groups excluding carboxylic acids is 1. The van der Waals surface area contributed by atoms with Gasteiger partial charge in [-0.05, 0) is 549 Å². The van der Waals surface area contributed by atoms with Crippen molar-refractivity contribution in [3.05, 3.63) is 0 Å². The molecule has 106 heavy (non-hydrogen) atoms. The van der Waals surface area contributed by atoms with E-state index in [0.717, 1.165) is 380 Å². The summed E-state index contributed by atoms with van der Waals surface area (Å²) in [5.74, 6) is 84.9. The molecule has 40 saturated carbocycles. The largest absolute Gasteiger partial charge is 0.481 e. The van der Waals surface area contributed by atoms with E-state index in [1.807, 2.05) is 0 Å². The molecule has 0 radical (unpaired) electrons. The number of carboxylic acids is 1. The van der Waals surface area contributed by atoms with Crippen molar-refractivity contribution in [2.75, 3.05) is 13.1 Å². The van der Waals surface area contributed by atoms with Crippen LogP contribution in [-0.2, 0) is 9.59 Å². The molecule has 0 spiro atoms. The van der Waals surface area contributed by atoms with Crippen molar-refractivity contribution in [2.45, 2.75) is 91.9 Å². The normalized spacial score (nSPS) is 87.6. The summed E-state index contributed by atoms with van der Waals surface area (Å²) >= 11 is 0. The van der Waals surface area contributed by atoms with Crippen molar-refractivity contribution in [3.8, 4) is 0 Å². The topological polar surface area (TPSA) is 92.4 Å². The van der Waals surface area contributed by atoms with E-state index in [2.05, 4.69) is 33.0 Å². The van der Waals surface area contributed by atoms with Crippen LogP contribution >= 0.6 is 0 Å². The minimum atomic E-state index is -0.584. The minimum Gasteiger partial charge on any atom is -0.481 e. The zero-order valence-electron chi connectivity index (χ0n) is 63.7. The van der Waals surface area contributed by atoms with Gasteiger partial charge in [0, 0.05) is 6.54 Å². The van der Waals surface area contributed by atoms with Gasteiger partial charge in [-0.15, -0.1) is 0 Å². The smallest absolute Gasteiger partial charge is 0.304 e. The summed E-state index contributed by atoms with van der Waals surface area (Å²) in [7, 11) is 0. The molecule has 40 rings (SSSR count). The first-order chi connectivity index (χ1) is 52.2. The average Bonchev–Trinajstić information content (AvgIpc) is 0.583. The number of nitrogens with two attached hydrogens (primary N) is 1.